The fourth-order valence-electron chi connectivity index (χ4n) is 1.28. The topological polar surface area (TPSA) is 84.5 Å². The fraction of sp³-hybridized carbons (Fsp3) is 0.909. The first-order chi connectivity index (χ1) is 8.52. The van der Waals surface area contributed by atoms with Gasteiger partial charge in [0, 0.05) is 26.8 Å². The summed E-state index contributed by atoms with van der Waals surface area (Å²) in [6.45, 7) is 4.17. The minimum atomic E-state index is -3.31. The van der Waals surface area contributed by atoms with E-state index in [1.54, 1.807) is 7.11 Å². The highest BCUT2D eigenvalue weighted by Crippen LogP contribution is 1.90. The van der Waals surface area contributed by atoms with Gasteiger partial charge in [0.2, 0.25) is 5.91 Å². The number of carbonyl (C=O) groups excluding carboxylic acids is 1. The van der Waals surface area contributed by atoms with Crippen LogP contribution in [0.3, 0.4) is 0 Å². The third kappa shape index (κ3) is 10.5. The minimum Gasteiger partial charge on any atom is -0.385 e. The van der Waals surface area contributed by atoms with Crippen molar-refractivity contribution in [3.63, 3.8) is 0 Å². The molecule has 0 atom stereocenters. The molecule has 0 radical (unpaired) electrons. The smallest absolute Gasteiger partial charge is 0.235 e. The molecule has 0 bridgehead atoms. The monoisotopic (exact) mass is 280 g/mol. The second-order valence-electron chi connectivity index (χ2n) is 4.04. The van der Waals surface area contributed by atoms with Gasteiger partial charge in [-0.3, -0.25) is 4.79 Å². The van der Waals surface area contributed by atoms with Crippen LogP contribution >= 0.6 is 0 Å². The summed E-state index contributed by atoms with van der Waals surface area (Å²) in [7, 11) is -1.69. The van der Waals surface area contributed by atoms with Gasteiger partial charge in [-0.2, -0.15) is 0 Å². The molecule has 6 nitrogen and oxygen atoms in total. The normalized spacial score (nSPS) is 11.4. The fourth-order valence-corrected chi connectivity index (χ4v) is 2.38. The Morgan fingerprint density at radius 3 is 2.56 bits per heavy atom. The molecule has 0 saturated carbocycles. The molecule has 0 aromatic rings. The Morgan fingerprint density at radius 1 is 1.22 bits per heavy atom. The summed E-state index contributed by atoms with van der Waals surface area (Å²) in [6.07, 6.45) is 1.64. The number of methoxy groups -OCH3 is 1. The maximum absolute atomic E-state index is 11.6. The van der Waals surface area contributed by atoms with Crippen molar-refractivity contribution in [1.29, 1.82) is 0 Å². The van der Waals surface area contributed by atoms with Gasteiger partial charge >= 0.3 is 0 Å². The number of hydrogen-bond donors (Lipinski definition) is 2. The predicted molar refractivity (Wildman–Crippen MR) is 71.3 cm³/mol. The minimum absolute atomic E-state index is 0.0144. The van der Waals surface area contributed by atoms with E-state index in [1.807, 2.05) is 6.92 Å². The molecule has 0 aliphatic heterocycles. The van der Waals surface area contributed by atoms with Crippen LogP contribution in [0.1, 0.15) is 19.8 Å². The molecule has 0 fully saturated rings. The van der Waals surface area contributed by atoms with E-state index < -0.39 is 21.5 Å². The van der Waals surface area contributed by atoms with Crippen molar-refractivity contribution in [2.45, 2.75) is 19.8 Å². The number of ether oxygens (including phenoxy) is 1. The van der Waals surface area contributed by atoms with E-state index in [-0.39, 0.29) is 5.75 Å². The van der Waals surface area contributed by atoms with E-state index in [0.29, 0.717) is 26.2 Å². The molecule has 0 saturated heterocycles. The quantitative estimate of drug-likeness (QED) is 0.501. The SMILES string of the molecule is CCCNC(=O)CS(=O)(=O)CCNCCCOC. The number of nitrogens with one attached hydrogen (secondary N) is 2. The molecular weight excluding hydrogens is 256 g/mol. The molecule has 0 unspecified atom stereocenters. The molecule has 0 aliphatic carbocycles. The molecule has 1 amide bonds. The zero-order chi connectivity index (χ0) is 13.9. The van der Waals surface area contributed by atoms with E-state index in [9.17, 15) is 13.2 Å². The predicted octanol–water partition coefficient (Wildman–Crippen LogP) is -0.446. The van der Waals surface area contributed by atoms with Crippen LogP contribution in [0.15, 0.2) is 0 Å². The second-order valence-corrected chi connectivity index (χ2v) is 6.22. The molecule has 108 valence electrons. The summed E-state index contributed by atoms with van der Waals surface area (Å²) in [5.74, 6) is -0.858. The first kappa shape index (κ1) is 17.3. The Morgan fingerprint density at radius 2 is 1.94 bits per heavy atom. The van der Waals surface area contributed by atoms with Crippen LogP contribution < -0.4 is 10.6 Å². The molecule has 0 rings (SSSR count). The van der Waals surface area contributed by atoms with Crippen molar-refractivity contribution >= 4 is 15.7 Å². The summed E-state index contributed by atoms with van der Waals surface area (Å²) in [6, 6.07) is 0. The van der Waals surface area contributed by atoms with Gasteiger partial charge in [0.1, 0.15) is 5.75 Å². The maximum atomic E-state index is 11.6. The van der Waals surface area contributed by atoms with Crippen molar-refractivity contribution in [3.8, 4) is 0 Å². The maximum Gasteiger partial charge on any atom is 0.235 e. The number of sulfone groups is 1. The van der Waals surface area contributed by atoms with E-state index in [2.05, 4.69) is 10.6 Å². The summed E-state index contributed by atoms with van der Waals surface area (Å²) >= 11 is 0. The highest BCUT2D eigenvalue weighted by Gasteiger charge is 2.15. The Hall–Kier alpha value is -0.660. The molecule has 18 heavy (non-hydrogen) atoms. The second kappa shape index (κ2) is 10.3. The zero-order valence-electron chi connectivity index (χ0n) is 11.2. The van der Waals surface area contributed by atoms with Crippen molar-refractivity contribution in [2.75, 3.05) is 44.9 Å². The Bertz CT molecular complexity index is 317. The Balaban J connectivity index is 3.70. The van der Waals surface area contributed by atoms with Crippen molar-refractivity contribution in [2.24, 2.45) is 0 Å². The number of carbonyl (C=O) groups is 1. The highest BCUT2D eigenvalue weighted by atomic mass is 32.2. The first-order valence-corrected chi connectivity index (χ1v) is 8.00. The Kier molecular flexibility index (Phi) is 9.90. The third-order valence-corrected chi connectivity index (χ3v) is 3.74. The lowest BCUT2D eigenvalue weighted by molar-refractivity contribution is -0.118. The van der Waals surface area contributed by atoms with Crippen LogP contribution in [0.25, 0.3) is 0 Å². The molecule has 2 N–H and O–H groups in total. The van der Waals surface area contributed by atoms with Gasteiger partial charge in [0.05, 0.1) is 5.75 Å². The zero-order valence-corrected chi connectivity index (χ0v) is 12.0. The number of rotatable bonds is 11. The highest BCUT2D eigenvalue weighted by molar-refractivity contribution is 7.92. The van der Waals surface area contributed by atoms with Crippen LogP contribution in [0.4, 0.5) is 0 Å². The number of hydrogen-bond acceptors (Lipinski definition) is 5. The molecule has 0 aromatic carbocycles. The molecule has 7 heteroatoms. The van der Waals surface area contributed by atoms with Crippen molar-refractivity contribution in [1.82, 2.24) is 10.6 Å². The van der Waals surface area contributed by atoms with Gasteiger partial charge in [-0.1, -0.05) is 6.92 Å². The van der Waals surface area contributed by atoms with Crippen LogP contribution in [0, 0.1) is 0 Å². The molecule has 0 spiro atoms. The summed E-state index contributed by atoms with van der Waals surface area (Å²) in [4.78, 5) is 11.3. The molecule has 0 heterocycles. The van der Waals surface area contributed by atoms with Gasteiger partial charge < -0.3 is 15.4 Å². The largest absolute Gasteiger partial charge is 0.385 e. The third-order valence-electron chi connectivity index (χ3n) is 2.22. The van der Waals surface area contributed by atoms with Gasteiger partial charge in [0.25, 0.3) is 0 Å². The summed E-state index contributed by atoms with van der Waals surface area (Å²) in [5, 5.41) is 5.55. The van der Waals surface area contributed by atoms with Gasteiger partial charge in [-0.15, -0.1) is 0 Å². The van der Waals surface area contributed by atoms with E-state index in [4.69, 9.17) is 4.74 Å². The van der Waals surface area contributed by atoms with Gasteiger partial charge in [0.15, 0.2) is 9.84 Å². The van der Waals surface area contributed by atoms with E-state index >= 15 is 0 Å². The van der Waals surface area contributed by atoms with Crippen LogP contribution in [0.2, 0.25) is 0 Å². The lowest BCUT2D eigenvalue weighted by atomic mass is 10.4. The molecule has 0 aromatic heterocycles. The lowest BCUT2D eigenvalue weighted by Gasteiger charge is -2.06. The van der Waals surface area contributed by atoms with E-state index in [1.165, 1.54) is 0 Å². The van der Waals surface area contributed by atoms with E-state index in [0.717, 1.165) is 12.8 Å². The first-order valence-electron chi connectivity index (χ1n) is 6.18. The number of amides is 1. The van der Waals surface area contributed by atoms with Crippen molar-refractivity contribution in [3.05, 3.63) is 0 Å². The Labute approximate surface area is 109 Å². The average Bonchev–Trinajstić information content (AvgIpc) is 2.30. The van der Waals surface area contributed by atoms with Crippen LogP contribution in [-0.4, -0.2) is 59.2 Å². The van der Waals surface area contributed by atoms with Crippen molar-refractivity contribution < 1.29 is 17.9 Å². The average molecular weight is 280 g/mol. The van der Waals surface area contributed by atoms with Crippen LogP contribution in [-0.2, 0) is 19.4 Å². The molecule has 0 aliphatic rings. The lowest BCUT2D eigenvalue weighted by Crippen LogP contribution is -2.34. The van der Waals surface area contributed by atoms with Gasteiger partial charge in [-0.05, 0) is 19.4 Å². The summed E-state index contributed by atoms with van der Waals surface area (Å²) < 4.78 is 28.0. The van der Waals surface area contributed by atoms with Crippen LogP contribution in [0.5, 0.6) is 0 Å². The standard InChI is InChI=1S/C11H24N2O4S/c1-3-5-13-11(14)10-18(15,16)9-7-12-6-4-8-17-2/h12H,3-10H2,1-2H3,(H,13,14). The summed E-state index contributed by atoms with van der Waals surface area (Å²) in [5.41, 5.74) is 0. The van der Waals surface area contributed by atoms with Gasteiger partial charge in [-0.25, -0.2) is 8.42 Å². The molecular formula is C11H24N2O4S.